The first-order chi connectivity index (χ1) is 5.91. The minimum atomic E-state index is 1.75. The zero-order chi connectivity index (χ0) is 9.07. The van der Waals surface area contributed by atoms with Crippen molar-refractivity contribution >= 4 is 60.9 Å². The molecule has 0 spiro atoms. The van der Waals surface area contributed by atoms with Crippen molar-refractivity contribution in [3.63, 3.8) is 0 Å². The van der Waals surface area contributed by atoms with E-state index < -0.39 is 0 Å². The molecule has 0 aliphatic heterocycles. The average Bonchev–Trinajstić information content (AvgIpc) is 2.10. The molecule has 0 aromatic carbocycles. The van der Waals surface area contributed by atoms with E-state index in [4.69, 9.17) is 0 Å². The van der Waals surface area contributed by atoms with Crippen LogP contribution in [-0.4, -0.2) is 0 Å². The van der Waals surface area contributed by atoms with Crippen LogP contribution in [0.25, 0.3) is 0 Å². The largest absolute Gasteiger partial charge is 0.0804 e. The molecule has 0 rings (SSSR count). The summed E-state index contributed by atoms with van der Waals surface area (Å²) in [5.41, 5.74) is 0. The van der Waals surface area contributed by atoms with E-state index in [9.17, 15) is 0 Å². The summed E-state index contributed by atoms with van der Waals surface area (Å²) in [4.78, 5) is 0. The Balaban J connectivity index is 2.91. The van der Waals surface area contributed by atoms with E-state index >= 15 is 0 Å². The fraction of sp³-hybridized carbons (Fsp3) is 0.333. The van der Waals surface area contributed by atoms with Crippen LogP contribution in [0.4, 0.5) is 0 Å². The van der Waals surface area contributed by atoms with Crippen molar-refractivity contribution in [1.82, 2.24) is 0 Å². The summed E-state index contributed by atoms with van der Waals surface area (Å²) >= 11 is 0. The minimum Gasteiger partial charge on any atom is -0.0804 e. The van der Waals surface area contributed by atoms with Gasteiger partial charge in [-0.1, -0.05) is 33.7 Å². The van der Waals surface area contributed by atoms with Gasteiger partial charge in [-0.15, -0.1) is 0 Å². The van der Waals surface area contributed by atoms with Gasteiger partial charge < -0.3 is 0 Å². The van der Waals surface area contributed by atoms with Crippen molar-refractivity contribution < 1.29 is 0 Å². The molecule has 0 N–H and O–H groups in total. The van der Waals surface area contributed by atoms with Crippen molar-refractivity contribution in [3.05, 3.63) is 23.0 Å². The average molecular weight is 275 g/mol. The highest BCUT2D eigenvalue weighted by molar-refractivity contribution is 9.42. The number of allylic oxidation sites excluding steroid dienone is 2. The summed E-state index contributed by atoms with van der Waals surface area (Å²) in [5.74, 6) is 0. The van der Waals surface area contributed by atoms with Crippen molar-refractivity contribution in [3.8, 4) is 0 Å². The number of rotatable bonds is 7. The molecule has 6 heteroatoms. The first-order valence-corrected chi connectivity index (χ1v) is 10.7. The number of hydrogen-bond donors (Lipinski definition) is 0. The van der Waals surface area contributed by atoms with Gasteiger partial charge in [-0.05, 0) is 64.0 Å². The molecule has 0 nitrogen and oxygen atoms in total. The van der Waals surface area contributed by atoms with Crippen LogP contribution in [0.1, 0.15) is 13.8 Å². The Hall–Kier alpha value is 1.58. The van der Waals surface area contributed by atoms with E-state index in [0.717, 1.165) is 0 Å². The van der Waals surface area contributed by atoms with E-state index in [0.29, 0.717) is 0 Å². The molecule has 0 heterocycles. The molecule has 0 aromatic heterocycles. The highest BCUT2D eigenvalue weighted by atomic mass is 33.9. The minimum absolute atomic E-state index is 1.75. The number of hydrogen-bond acceptors (Lipinski definition) is 6. The van der Waals surface area contributed by atoms with Gasteiger partial charge in [-0.3, -0.25) is 0 Å². The predicted octanol–water partition coefficient (Wildman–Crippen LogP) is 6.03. The molecule has 0 saturated heterocycles. The van der Waals surface area contributed by atoms with E-state index in [2.05, 4.69) is 10.8 Å². The lowest BCUT2D eigenvalue weighted by Crippen LogP contribution is -1.37. The smallest absolute Gasteiger partial charge is 0.000550 e. The lowest BCUT2D eigenvalue weighted by molar-refractivity contribution is 1.79. The molecule has 0 aromatic rings. The van der Waals surface area contributed by atoms with Gasteiger partial charge in [0.05, 0.1) is 0 Å². The fourth-order valence-corrected chi connectivity index (χ4v) is 10.3. The van der Waals surface area contributed by atoms with Crippen LogP contribution in [0, 0.1) is 0 Å². The SMILES string of the molecule is CC=CSSSSSSC=CC. The van der Waals surface area contributed by atoms with Crippen molar-refractivity contribution in [1.29, 1.82) is 0 Å². The second kappa shape index (κ2) is 12.6. The van der Waals surface area contributed by atoms with Crippen LogP contribution >= 0.6 is 60.9 Å². The highest BCUT2D eigenvalue weighted by Crippen LogP contribution is 2.52. The third-order valence-electron chi connectivity index (χ3n) is 0.545. The molecule has 0 atom stereocenters. The summed E-state index contributed by atoms with van der Waals surface area (Å²) in [5, 5.41) is 4.17. The van der Waals surface area contributed by atoms with Gasteiger partial charge >= 0.3 is 0 Å². The van der Waals surface area contributed by atoms with Gasteiger partial charge in [0, 0.05) is 0 Å². The summed E-state index contributed by atoms with van der Waals surface area (Å²) in [7, 11) is 10.7. The van der Waals surface area contributed by atoms with Gasteiger partial charge in [0.15, 0.2) is 0 Å². The quantitative estimate of drug-likeness (QED) is 0.408. The van der Waals surface area contributed by atoms with Gasteiger partial charge in [0.2, 0.25) is 0 Å². The summed E-state index contributed by atoms with van der Waals surface area (Å²) in [6.45, 7) is 4.06. The molecule has 0 fully saturated rings. The molecule has 0 aliphatic rings. The van der Waals surface area contributed by atoms with Crippen molar-refractivity contribution in [2.24, 2.45) is 0 Å². The van der Waals surface area contributed by atoms with E-state index in [-0.39, 0.29) is 0 Å². The van der Waals surface area contributed by atoms with E-state index in [1.54, 1.807) is 60.9 Å². The van der Waals surface area contributed by atoms with Gasteiger partial charge in [0.1, 0.15) is 0 Å². The zero-order valence-electron chi connectivity index (χ0n) is 6.76. The molecular weight excluding hydrogens is 264 g/mol. The first kappa shape index (κ1) is 13.6. The zero-order valence-corrected chi connectivity index (χ0v) is 11.7. The normalized spacial score (nSPS) is 11.8. The van der Waals surface area contributed by atoms with Gasteiger partial charge in [-0.2, -0.15) is 0 Å². The monoisotopic (exact) mass is 274 g/mol. The van der Waals surface area contributed by atoms with E-state index in [1.165, 1.54) is 0 Å². The van der Waals surface area contributed by atoms with Crippen LogP contribution in [0.15, 0.2) is 23.0 Å². The second-order valence-corrected chi connectivity index (χ2v) is 10.6. The van der Waals surface area contributed by atoms with Crippen LogP contribution < -0.4 is 0 Å². The maximum Gasteiger partial charge on any atom is -0.000550 e. The maximum absolute atomic E-state index is 2.09. The third kappa shape index (κ3) is 11.6. The summed E-state index contributed by atoms with van der Waals surface area (Å²) in [6, 6.07) is 0. The molecule has 0 saturated carbocycles. The van der Waals surface area contributed by atoms with Crippen LogP contribution in [0.5, 0.6) is 0 Å². The predicted molar refractivity (Wildman–Crippen MR) is 75.2 cm³/mol. The fourth-order valence-electron chi connectivity index (χ4n) is 0.211. The van der Waals surface area contributed by atoms with Crippen molar-refractivity contribution in [2.75, 3.05) is 0 Å². The Morgan fingerprint density at radius 1 is 0.667 bits per heavy atom. The van der Waals surface area contributed by atoms with Crippen LogP contribution in [0.3, 0.4) is 0 Å². The Morgan fingerprint density at radius 2 is 1.08 bits per heavy atom. The molecule has 0 aliphatic carbocycles. The van der Waals surface area contributed by atoms with Crippen molar-refractivity contribution in [2.45, 2.75) is 13.8 Å². The molecular formula is C6H10S6. The van der Waals surface area contributed by atoms with Crippen LogP contribution in [-0.2, 0) is 0 Å². The standard InChI is InChI=1S/C6H10S6/c1-3-5-7-9-11-12-10-8-6-4-2/h3-6H,1-2H3. The summed E-state index contributed by atoms with van der Waals surface area (Å²) in [6.07, 6.45) is 4.09. The molecule has 0 radical (unpaired) electrons. The topological polar surface area (TPSA) is 0 Å². The molecule has 12 heavy (non-hydrogen) atoms. The summed E-state index contributed by atoms with van der Waals surface area (Å²) < 4.78 is 0. The Morgan fingerprint density at radius 3 is 1.42 bits per heavy atom. The highest BCUT2D eigenvalue weighted by Gasteiger charge is 1.89. The van der Waals surface area contributed by atoms with Gasteiger partial charge in [-0.25, -0.2) is 0 Å². The molecule has 0 unspecified atom stereocenters. The second-order valence-electron chi connectivity index (χ2n) is 1.40. The molecule has 0 amide bonds. The first-order valence-electron chi connectivity index (χ1n) is 3.13. The molecule has 70 valence electrons. The Labute approximate surface area is 96.9 Å². The third-order valence-corrected chi connectivity index (χ3v) is 10.7. The Kier molecular flexibility index (Phi) is 14.2. The van der Waals surface area contributed by atoms with E-state index in [1.807, 2.05) is 26.0 Å². The maximum atomic E-state index is 2.09. The van der Waals surface area contributed by atoms with Crippen LogP contribution in [0.2, 0.25) is 0 Å². The molecule has 0 bridgehead atoms. The Bertz CT molecular complexity index is 116. The van der Waals surface area contributed by atoms with Gasteiger partial charge in [0.25, 0.3) is 0 Å². The lowest BCUT2D eigenvalue weighted by Gasteiger charge is -1.92. The lowest BCUT2D eigenvalue weighted by atomic mass is 10.8.